The topological polar surface area (TPSA) is 51.0 Å². The van der Waals surface area contributed by atoms with Crippen molar-refractivity contribution in [2.45, 2.75) is 40.2 Å². The van der Waals surface area contributed by atoms with Gasteiger partial charge in [-0.3, -0.25) is 0 Å². The van der Waals surface area contributed by atoms with Gasteiger partial charge in [0.25, 0.3) is 0 Å². The van der Waals surface area contributed by atoms with Gasteiger partial charge in [0.1, 0.15) is 0 Å². The number of aromatic nitrogens is 2. The van der Waals surface area contributed by atoms with Crippen LogP contribution in [0.1, 0.15) is 38.4 Å². The summed E-state index contributed by atoms with van der Waals surface area (Å²) in [5.41, 5.74) is 0.540. The molecule has 1 heterocycles. The van der Waals surface area contributed by atoms with Gasteiger partial charge in [-0.2, -0.15) is 4.98 Å². The molecule has 0 atom stereocenters. The average Bonchev–Trinajstić information content (AvgIpc) is 2.86. The molecule has 1 N–H and O–H groups in total. The second-order valence-corrected chi connectivity index (χ2v) is 4.85. The van der Waals surface area contributed by atoms with Crippen LogP contribution >= 0.6 is 0 Å². The van der Waals surface area contributed by atoms with Gasteiger partial charge in [-0.25, -0.2) is 0 Å². The minimum absolute atomic E-state index is 0.540. The molecule has 1 aromatic rings. The van der Waals surface area contributed by atoms with Gasteiger partial charge in [-0.05, 0) is 24.2 Å². The Hall–Kier alpha value is -0.900. The highest BCUT2D eigenvalue weighted by molar-refractivity contribution is 4.97. The summed E-state index contributed by atoms with van der Waals surface area (Å²) in [4.78, 5) is 4.16. The predicted molar refractivity (Wildman–Crippen MR) is 57.2 cm³/mol. The first-order valence-electron chi connectivity index (χ1n) is 5.62. The molecule has 0 spiro atoms. The molecule has 1 saturated carbocycles. The van der Waals surface area contributed by atoms with Crippen molar-refractivity contribution >= 4 is 0 Å². The zero-order valence-corrected chi connectivity index (χ0v) is 9.71. The van der Waals surface area contributed by atoms with Crippen molar-refractivity contribution in [2.24, 2.45) is 11.3 Å². The second kappa shape index (κ2) is 3.93. The lowest BCUT2D eigenvalue weighted by atomic mass is 9.92. The van der Waals surface area contributed by atoms with Gasteiger partial charge in [-0.15, -0.1) is 0 Å². The molecule has 1 aliphatic rings. The Morgan fingerprint density at radius 3 is 2.67 bits per heavy atom. The summed E-state index contributed by atoms with van der Waals surface area (Å²) in [7, 11) is 0. The molecule has 0 aromatic carbocycles. The lowest BCUT2D eigenvalue weighted by molar-refractivity contribution is 0.333. The first kappa shape index (κ1) is 10.6. The van der Waals surface area contributed by atoms with E-state index in [1.807, 2.05) is 6.92 Å². The van der Waals surface area contributed by atoms with Crippen LogP contribution in [0, 0.1) is 18.3 Å². The van der Waals surface area contributed by atoms with Crippen LogP contribution in [-0.4, -0.2) is 16.7 Å². The van der Waals surface area contributed by atoms with Gasteiger partial charge in [0.05, 0.1) is 6.54 Å². The van der Waals surface area contributed by atoms with Crippen molar-refractivity contribution in [3.63, 3.8) is 0 Å². The highest BCUT2D eigenvalue weighted by atomic mass is 16.5. The molecule has 0 aliphatic heterocycles. The van der Waals surface area contributed by atoms with Gasteiger partial charge in [0, 0.05) is 13.5 Å². The molecule has 0 bridgehead atoms. The van der Waals surface area contributed by atoms with Crippen LogP contribution in [0.15, 0.2) is 4.52 Å². The van der Waals surface area contributed by atoms with E-state index >= 15 is 0 Å². The fourth-order valence-corrected chi connectivity index (χ4v) is 1.96. The monoisotopic (exact) mass is 209 g/mol. The number of hydrogen-bond acceptors (Lipinski definition) is 4. The molecule has 4 heteroatoms. The van der Waals surface area contributed by atoms with Crippen molar-refractivity contribution in [1.82, 2.24) is 15.5 Å². The summed E-state index contributed by atoms with van der Waals surface area (Å²) < 4.78 is 4.91. The van der Waals surface area contributed by atoms with Crippen LogP contribution in [0.25, 0.3) is 0 Å². The third kappa shape index (κ3) is 2.37. The quantitative estimate of drug-likeness (QED) is 0.804. The largest absolute Gasteiger partial charge is 0.340 e. The standard InChI is InChI=1S/C11H19N3O/c1-8(2)11(4-5-11)7-12-6-10-13-9(3)15-14-10/h8,12H,4-7H2,1-3H3. The normalized spacial score (nSPS) is 18.4. The highest BCUT2D eigenvalue weighted by Gasteiger charge is 2.44. The van der Waals surface area contributed by atoms with E-state index in [1.165, 1.54) is 12.8 Å². The fraction of sp³-hybridized carbons (Fsp3) is 0.818. The molecular formula is C11H19N3O. The van der Waals surface area contributed by atoms with E-state index in [9.17, 15) is 0 Å². The van der Waals surface area contributed by atoms with Crippen LogP contribution in [0.2, 0.25) is 0 Å². The molecule has 1 aliphatic carbocycles. The van der Waals surface area contributed by atoms with Crippen LogP contribution in [0.4, 0.5) is 0 Å². The summed E-state index contributed by atoms with van der Waals surface area (Å²) >= 11 is 0. The van der Waals surface area contributed by atoms with Crippen molar-refractivity contribution in [3.05, 3.63) is 11.7 Å². The number of nitrogens with one attached hydrogen (secondary N) is 1. The van der Waals surface area contributed by atoms with E-state index in [4.69, 9.17) is 4.52 Å². The van der Waals surface area contributed by atoms with Crippen molar-refractivity contribution < 1.29 is 4.52 Å². The first-order valence-corrected chi connectivity index (χ1v) is 5.62. The molecular weight excluding hydrogens is 190 g/mol. The predicted octanol–water partition coefficient (Wildman–Crippen LogP) is 1.90. The number of rotatable bonds is 5. The Bertz CT molecular complexity index is 328. The Kier molecular flexibility index (Phi) is 2.78. The Balaban J connectivity index is 1.76. The third-order valence-corrected chi connectivity index (χ3v) is 3.45. The molecule has 1 aromatic heterocycles. The van der Waals surface area contributed by atoms with E-state index in [0.717, 1.165) is 18.3 Å². The highest BCUT2D eigenvalue weighted by Crippen LogP contribution is 2.51. The molecule has 0 radical (unpaired) electrons. The molecule has 2 rings (SSSR count). The van der Waals surface area contributed by atoms with E-state index in [2.05, 4.69) is 29.3 Å². The van der Waals surface area contributed by atoms with Crippen molar-refractivity contribution in [2.75, 3.05) is 6.54 Å². The van der Waals surface area contributed by atoms with Crippen LogP contribution in [-0.2, 0) is 6.54 Å². The lowest BCUT2D eigenvalue weighted by Crippen LogP contribution is -2.27. The first-order chi connectivity index (χ1) is 7.12. The molecule has 1 fully saturated rings. The summed E-state index contributed by atoms with van der Waals surface area (Å²) in [6.45, 7) is 8.19. The maximum atomic E-state index is 4.91. The van der Waals surface area contributed by atoms with Gasteiger partial charge in [-0.1, -0.05) is 19.0 Å². The summed E-state index contributed by atoms with van der Waals surface area (Å²) in [5.74, 6) is 2.15. The Morgan fingerprint density at radius 1 is 1.47 bits per heavy atom. The SMILES string of the molecule is Cc1nc(CNCC2(C(C)C)CC2)no1. The van der Waals surface area contributed by atoms with E-state index in [-0.39, 0.29) is 0 Å². The van der Waals surface area contributed by atoms with Crippen LogP contribution in [0.3, 0.4) is 0 Å². The van der Waals surface area contributed by atoms with E-state index in [1.54, 1.807) is 0 Å². The van der Waals surface area contributed by atoms with Crippen LogP contribution < -0.4 is 5.32 Å². The zero-order chi connectivity index (χ0) is 10.9. The molecule has 4 nitrogen and oxygen atoms in total. The Labute approximate surface area is 90.4 Å². The smallest absolute Gasteiger partial charge is 0.223 e. The molecule has 15 heavy (non-hydrogen) atoms. The van der Waals surface area contributed by atoms with E-state index in [0.29, 0.717) is 17.9 Å². The number of nitrogens with zero attached hydrogens (tertiary/aromatic N) is 2. The van der Waals surface area contributed by atoms with Crippen LogP contribution in [0.5, 0.6) is 0 Å². The fourth-order valence-electron chi connectivity index (χ4n) is 1.96. The number of aryl methyl sites for hydroxylation is 1. The number of hydrogen-bond donors (Lipinski definition) is 1. The van der Waals surface area contributed by atoms with Crippen molar-refractivity contribution in [3.8, 4) is 0 Å². The minimum atomic E-state index is 0.540. The third-order valence-electron chi connectivity index (χ3n) is 3.45. The second-order valence-electron chi connectivity index (χ2n) is 4.85. The van der Waals surface area contributed by atoms with Gasteiger partial charge >= 0.3 is 0 Å². The summed E-state index contributed by atoms with van der Waals surface area (Å²) in [6.07, 6.45) is 2.70. The minimum Gasteiger partial charge on any atom is -0.340 e. The average molecular weight is 209 g/mol. The van der Waals surface area contributed by atoms with Gasteiger partial charge < -0.3 is 9.84 Å². The molecule has 0 saturated heterocycles. The van der Waals surface area contributed by atoms with E-state index < -0.39 is 0 Å². The molecule has 0 unspecified atom stereocenters. The summed E-state index contributed by atoms with van der Waals surface area (Å²) in [5, 5.41) is 7.27. The Morgan fingerprint density at radius 2 is 2.20 bits per heavy atom. The lowest BCUT2D eigenvalue weighted by Gasteiger charge is -2.19. The molecule has 0 amide bonds. The maximum absolute atomic E-state index is 4.91. The van der Waals surface area contributed by atoms with Gasteiger partial charge in [0.15, 0.2) is 5.82 Å². The molecule has 84 valence electrons. The summed E-state index contributed by atoms with van der Waals surface area (Å²) in [6, 6.07) is 0. The maximum Gasteiger partial charge on any atom is 0.223 e. The van der Waals surface area contributed by atoms with Crippen molar-refractivity contribution in [1.29, 1.82) is 0 Å². The van der Waals surface area contributed by atoms with Gasteiger partial charge in [0.2, 0.25) is 5.89 Å². The zero-order valence-electron chi connectivity index (χ0n) is 9.71.